The standard InChI is InChI=1S/C17H17N3O2S/c1-11(23-17-18-7-3-8-19-17)16(22)14-4-5-15-13(10-14)6-9-20(15)12(2)21/h3-5,7-8,10-11H,6,9H2,1-2H3. The van der Waals surface area contributed by atoms with Gasteiger partial charge in [-0.2, -0.15) is 0 Å². The van der Waals surface area contributed by atoms with E-state index in [2.05, 4.69) is 9.97 Å². The van der Waals surface area contributed by atoms with E-state index < -0.39 is 0 Å². The number of carbonyl (C=O) groups excluding carboxylic acids is 2. The van der Waals surface area contributed by atoms with Crippen LogP contribution in [0, 0.1) is 0 Å². The normalized spacial score (nSPS) is 14.4. The second kappa shape index (κ2) is 6.50. The quantitative estimate of drug-likeness (QED) is 0.491. The second-order valence-electron chi connectivity index (χ2n) is 5.42. The van der Waals surface area contributed by atoms with Crippen LogP contribution in [0.4, 0.5) is 5.69 Å². The molecule has 1 aliphatic rings. The van der Waals surface area contributed by atoms with E-state index in [0.717, 1.165) is 17.7 Å². The Morgan fingerprint density at radius 1 is 1.26 bits per heavy atom. The van der Waals surface area contributed by atoms with Crippen LogP contribution in [-0.4, -0.2) is 33.5 Å². The molecule has 0 saturated carbocycles. The lowest BCUT2D eigenvalue weighted by molar-refractivity contribution is -0.116. The largest absolute Gasteiger partial charge is 0.312 e. The van der Waals surface area contributed by atoms with Crippen molar-refractivity contribution < 1.29 is 9.59 Å². The zero-order chi connectivity index (χ0) is 16.4. The van der Waals surface area contributed by atoms with Gasteiger partial charge in [0.2, 0.25) is 5.91 Å². The first-order chi connectivity index (χ1) is 11.1. The maximum absolute atomic E-state index is 12.6. The van der Waals surface area contributed by atoms with E-state index in [0.29, 0.717) is 17.3 Å². The third-order valence-electron chi connectivity index (χ3n) is 3.83. The minimum Gasteiger partial charge on any atom is -0.312 e. The van der Waals surface area contributed by atoms with Gasteiger partial charge in [0.25, 0.3) is 0 Å². The van der Waals surface area contributed by atoms with Crippen LogP contribution >= 0.6 is 11.8 Å². The van der Waals surface area contributed by atoms with Crippen LogP contribution in [-0.2, 0) is 11.2 Å². The van der Waals surface area contributed by atoms with Crippen LogP contribution in [0.2, 0.25) is 0 Å². The third kappa shape index (κ3) is 3.27. The number of hydrogen-bond donors (Lipinski definition) is 0. The van der Waals surface area contributed by atoms with Gasteiger partial charge in [-0.1, -0.05) is 11.8 Å². The van der Waals surface area contributed by atoms with E-state index >= 15 is 0 Å². The van der Waals surface area contributed by atoms with Crippen molar-refractivity contribution in [1.29, 1.82) is 0 Å². The van der Waals surface area contributed by atoms with Crippen LogP contribution in [0.25, 0.3) is 0 Å². The summed E-state index contributed by atoms with van der Waals surface area (Å²) in [7, 11) is 0. The number of thioether (sulfide) groups is 1. The highest BCUT2D eigenvalue weighted by molar-refractivity contribution is 8.00. The number of hydrogen-bond acceptors (Lipinski definition) is 5. The highest BCUT2D eigenvalue weighted by atomic mass is 32.2. The minimum atomic E-state index is -0.263. The van der Waals surface area contributed by atoms with Crippen molar-refractivity contribution in [2.24, 2.45) is 0 Å². The summed E-state index contributed by atoms with van der Waals surface area (Å²) in [4.78, 5) is 34.2. The minimum absolute atomic E-state index is 0.0352. The number of ketones is 1. The number of benzene rings is 1. The summed E-state index contributed by atoms with van der Waals surface area (Å²) in [5, 5.41) is 0.332. The van der Waals surface area contributed by atoms with Crippen molar-refractivity contribution in [2.45, 2.75) is 30.7 Å². The summed E-state index contributed by atoms with van der Waals surface area (Å²) in [5.41, 5.74) is 2.64. The first-order valence-electron chi connectivity index (χ1n) is 7.45. The molecule has 0 N–H and O–H groups in total. The number of carbonyl (C=O) groups is 2. The van der Waals surface area contributed by atoms with E-state index in [9.17, 15) is 9.59 Å². The summed E-state index contributed by atoms with van der Waals surface area (Å²) in [6.45, 7) is 4.11. The zero-order valence-electron chi connectivity index (χ0n) is 13.0. The van der Waals surface area contributed by atoms with Gasteiger partial charge < -0.3 is 4.90 Å². The Labute approximate surface area is 139 Å². The predicted octanol–water partition coefficient (Wildman–Crippen LogP) is 2.75. The van der Waals surface area contributed by atoms with Gasteiger partial charge in [-0.25, -0.2) is 9.97 Å². The maximum Gasteiger partial charge on any atom is 0.223 e. The molecule has 1 amide bonds. The van der Waals surface area contributed by atoms with Gasteiger partial charge in [0, 0.05) is 37.1 Å². The molecule has 1 atom stereocenters. The van der Waals surface area contributed by atoms with Crippen LogP contribution < -0.4 is 4.90 Å². The molecule has 0 saturated heterocycles. The number of rotatable bonds is 4. The summed E-state index contributed by atoms with van der Waals surface area (Å²) in [5.74, 6) is 0.0829. The molecule has 0 fully saturated rings. The van der Waals surface area contributed by atoms with E-state index in [1.807, 2.05) is 19.1 Å². The second-order valence-corrected chi connectivity index (χ2v) is 6.73. The SMILES string of the molecule is CC(=O)N1CCc2cc(C(=O)C(C)Sc3ncccn3)ccc21. The molecule has 1 aromatic carbocycles. The number of anilines is 1. The topological polar surface area (TPSA) is 63.2 Å². The van der Waals surface area contributed by atoms with Gasteiger partial charge in [-0.15, -0.1) is 0 Å². The van der Waals surface area contributed by atoms with Crippen LogP contribution in [0.1, 0.15) is 29.8 Å². The summed E-state index contributed by atoms with van der Waals surface area (Å²) in [6.07, 6.45) is 4.12. The highest BCUT2D eigenvalue weighted by Gasteiger charge is 2.24. The fourth-order valence-electron chi connectivity index (χ4n) is 2.67. The number of aromatic nitrogens is 2. The van der Waals surface area contributed by atoms with Crippen molar-refractivity contribution in [3.63, 3.8) is 0 Å². The number of amides is 1. The molecule has 118 valence electrons. The van der Waals surface area contributed by atoms with Gasteiger partial charge in [-0.3, -0.25) is 9.59 Å². The van der Waals surface area contributed by atoms with Crippen LogP contribution in [0.5, 0.6) is 0 Å². The van der Waals surface area contributed by atoms with E-state index in [1.165, 1.54) is 11.8 Å². The Hall–Kier alpha value is -2.21. The molecule has 0 bridgehead atoms. The molecule has 0 spiro atoms. The summed E-state index contributed by atoms with van der Waals surface area (Å²) >= 11 is 1.35. The van der Waals surface area contributed by atoms with Crippen molar-refractivity contribution in [3.05, 3.63) is 47.8 Å². The first-order valence-corrected chi connectivity index (χ1v) is 8.33. The smallest absolute Gasteiger partial charge is 0.223 e. The Morgan fingerprint density at radius 3 is 2.70 bits per heavy atom. The monoisotopic (exact) mass is 327 g/mol. The Kier molecular flexibility index (Phi) is 4.43. The van der Waals surface area contributed by atoms with Crippen LogP contribution in [0.15, 0.2) is 41.8 Å². The van der Waals surface area contributed by atoms with E-state index in [4.69, 9.17) is 0 Å². The van der Waals surface area contributed by atoms with Crippen molar-refractivity contribution in [3.8, 4) is 0 Å². The number of Topliss-reactive ketones (excluding diaryl/α,β-unsaturated/α-hetero) is 1. The predicted molar refractivity (Wildman–Crippen MR) is 89.9 cm³/mol. The Balaban J connectivity index is 1.77. The first kappa shape index (κ1) is 15.7. The summed E-state index contributed by atoms with van der Waals surface area (Å²) < 4.78 is 0. The summed E-state index contributed by atoms with van der Waals surface area (Å²) in [6, 6.07) is 7.32. The highest BCUT2D eigenvalue weighted by Crippen LogP contribution is 2.30. The third-order valence-corrected chi connectivity index (χ3v) is 4.82. The van der Waals surface area contributed by atoms with Crippen LogP contribution in [0.3, 0.4) is 0 Å². The lowest BCUT2D eigenvalue weighted by Crippen LogP contribution is -2.25. The number of fused-ring (bicyclic) bond motifs is 1. The average molecular weight is 327 g/mol. The maximum atomic E-state index is 12.6. The fourth-order valence-corrected chi connectivity index (χ4v) is 3.48. The van der Waals surface area contributed by atoms with Crippen molar-refractivity contribution >= 4 is 29.1 Å². The van der Waals surface area contributed by atoms with Gasteiger partial charge >= 0.3 is 0 Å². The molecular weight excluding hydrogens is 310 g/mol. The fraction of sp³-hybridized carbons (Fsp3) is 0.294. The molecule has 3 rings (SSSR count). The van der Waals surface area contributed by atoms with E-state index in [-0.39, 0.29) is 16.9 Å². The molecule has 23 heavy (non-hydrogen) atoms. The van der Waals surface area contributed by atoms with Gasteiger partial charge in [0.05, 0.1) is 5.25 Å². The lowest BCUT2D eigenvalue weighted by Gasteiger charge is -2.15. The molecule has 1 aliphatic heterocycles. The van der Waals surface area contributed by atoms with E-state index in [1.54, 1.807) is 36.4 Å². The molecule has 5 nitrogen and oxygen atoms in total. The molecule has 0 radical (unpaired) electrons. The molecule has 1 unspecified atom stereocenters. The number of nitrogens with zero attached hydrogens (tertiary/aromatic N) is 3. The molecule has 2 heterocycles. The average Bonchev–Trinajstić information content (AvgIpc) is 2.98. The Bertz CT molecular complexity index is 749. The molecule has 0 aliphatic carbocycles. The lowest BCUT2D eigenvalue weighted by atomic mass is 10.0. The zero-order valence-corrected chi connectivity index (χ0v) is 13.8. The molecule has 6 heteroatoms. The Morgan fingerprint density at radius 2 is 2.00 bits per heavy atom. The van der Waals surface area contributed by atoms with Crippen molar-refractivity contribution in [1.82, 2.24) is 9.97 Å². The van der Waals surface area contributed by atoms with Gasteiger partial charge in [0.15, 0.2) is 10.9 Å². The molecule has 2 aromatic rings. The van der Waals surface area contributed by atoms with Crippen molar-refractivity contribution in [2.75, 3.05) is 11.4 Å². The van der Waals surface area contributed by atoms with Gasteiger partial charge in [-0.05, 0) is 43.2 Å². The molecule has 1 aromatic heterocycles. The van der Waals surface area contributed by atoms with Gasteiger partial charge in [0.1, 0.15) is 0 Å². The molecular formula is C17H17N3O2S.